The number of benzene rings is 1. The van der Waals surface area contributed by atoms with Gasteiger partial charge < -0.3 is 14.7 Å². The molecule has 1 N–H and O–H groups in total. The number of rotatable bonds is 4. The quantitative estimate of drug-likeness (QED) is 0.695. The van der Waals surface area contributed by atoms with Crippen molar-refractivity contribution in [2.75, 3.05) is 26.3 Å². The SMILES string of the molecule is CC12CC[C@@H]3c4ccc(O)cc4CC[C@H]3[C@@H]1C(CCCC(=O)N1CCOCC1)CC2(F)F. The minimum Gasteiger partial charge on any atom is -0.508 e. The molecule has 2 unspecified atom stereocenters. The number of phenolic OH excluding ortho intramolecular Hbond substituents is 1. The lowest BCUT2D eigenvalue weighted by molar-refractivity contribution is -0.135. The Morgan fingerprint density at radius 2 is 2.03 bits per heavy atom. The van der Waals surface area contributed by atoms with E-state index in [9.17, 15) is 9.90 Å². The lowest BCUT2D eigenvalue weighted by Crippen LogP contribution is -2.47. The van der Waals surface area contributed by atoms with E-state index in [1.807, 2.05) is 24.0 Å². The fraction of sp³-hybridized carbons (Fsp3) is 0.731. The predicted octanol–water partition coefficient (Wildman–Crippen LogP) is 5.14. The number of phenols is 1. The zero-order valence-corrected chi connectivity index (χ0v) is 19.0. The van der Waals surface area contributed by atoms with Gasteiger partial charge in [0.05, 0.1) is 13.2 Å². The van der Waals surface area contributed by atoms with E-state index in [4.69, 9.17) is 4.74 Å². The lowest BCUT2D eigenvalue weighted by Gasteiger charge is -2.51. The van der Waals surface area contributed by atoms with Crippen molar-refractivity contribution < 1.29 is 23.4 Å². The zero-order chi connectivity index (χ0) is 22.5. The van der Waals surface area contributed by atoms with E-state index in [1.54, 1.807) is 6.07 Å². The molecule has 3 aliphatic carbocycles. The summed E-state index contributed by atoms with van der Waals surface area (Å²) < 4.78 is 36.1. The number of carbonyl (C=O) groups is 1. The topological polar surface area (TPSA) is 49.8 Å². The third kappa shape index (κ3) is 3.63. The Labute approximate surface area is 189 Å². The van der Waals surface area contributed by atoms with Crippen LogP contribution in [0.2, 0.25) is 0 Å². The number of halogens is 2. The molecule has 4 nitrogen and oxygen atoms in total. The Bertz CT molecular complexity index is 869. The minimum absolute atomic E-state index is 0.00306. The van der Waals surface area contributed by atoms with Crippen molar-refractivity contribution in [2.24, 2.45) is 23.2 Å². The molecule has 1 aliphatic heterocycles. The van der Waals surface area contributed by atoms with Gasteiger partial charge in [0.2, 0.25) is 5.91 Å². The van der Waals surface area contributed by atoms with Crippen molar-refractivity contribution in [3.05, 3.63) is 29.3 Å². The summed E-state index contributed by atoms with van der Waals surface area (Å²) in [6, 6.07) is 5.62. The molecule has 1 aromatic rings. The van der Waals surface area contributed by atoms with Gasteiger partial charge in [-0.2, -0.15) is 0 Å². The average Bonchev–Trinajstić information content (AvgIpc) is 2.99. The smallest absolute Gasteiger partial charge is 0.253 e. The van der Waals surface area contributed by atoms with Gasteiger partial charge in [-0.05, 0) is 85.5 Å². The summed E-state index contributed by atoms with van der Waals surface area (Å²) in [4.78, 5) is 14.4. The van der Waals surface area contributed by atoms with Crippen molar-refractivity contribution in [3.63, 3.8) is 0 Å². The zero-order valence-electron chi connectivity index (χ0n) is 19.0. The van der Waals surface area contributed by atoms with Crippen LogP contribution in [0.15, 0.2) is 18.2 Å². The van der Waals surface area contributed by atoms with Gasteiger partial charge in [-0.15, -0.1) is 0 Å². The van der Waals surface area contributed by atoms with Crippen LogP contribution in [-0.2, 0) is 16.0 Å². The highest BCUT2D eigenvalue weighted by Crippen LogP contribution is 2.68. The maximum Gasteiger partial charge on any atom is 0.253 e. The second-order valence-corrected chi connectivity index (χ2v) is 10.7. The molecule has 2 saturated carbocycles. The number of hydrogen-bond donors (Lipinski definition) is 1. The van der Waals surface area contributed by atoms with Gasteiger partial charge in [-0.1, -0.05) is 13.0 Å². The van der Waals surface area contributed by atoms with Gasteiger partial charge in [0, 0.05) is 31.3 Å². The van der Waals surface area contributed by atoms with Crippen molar-refractivity contribution >= 4 is 5.91 Å². The molecule has 5 atom stereocenters. The molecule has 6 heteroatoms. The van der Waals surface area contributed by atoms with Gasteiger partial charge in [0.25, 0.3) is 5.92 Å². The standard InChI is InChI=1S/C26H35F2NO3/c1-25-10-9-21-20-8-6-19(30)15-17(20)5-7-22(21)24(25)18(16-26(25,27)28)3-2-4-23(31)29-11-13-32-14-12-29/h6,8,15,18,21-22,24,30H,2-5,7,9-14,16H2,1H3/t18?,21-,22-,24+,25?/m1/s1. The number of nitrogens with zero attached hydrogens (tertiary/aromatic N) is 1. The summed E-state index contributed by atoms with van der Waals surface area (Å²) in [5, 5.41) is 9.89. The Morgan fingerprint density at radius 1 is 1.25 bits per heavy atom. The Kier molecular flexibility index (Phi) is 5.71. The molecule has 1 saturated heterocycles. The van der Waals surface area contributed by atoms with Gasteiger partial charge in [-0.3, -0.25) is 4.79 Å². The summed E-state index contributed by atoms with van der Waals surface area (Å²) in [7, 11) is 0. The number of alkyl halides is 2. The minimum atomic E-state index is -2.64. The monoisotopic (exact) mass is 447 g/mol. The second kappa shape index (κ2) is 8.27. The number of aromatic hydroxyl groups is 1. The predicted molar refractivity (Wildman–Crippen MR) is 118 cm³/mol. The molecule has 176 valence electrons. The highest BCUT2D eigenvalue weighted by Gasteiger charge is 2.67. The van der Waals surface area contributed by atoms with Crippen LogP contribution in [0, 0.1) is 23.2 Å². The van der Waals surface area contributed by atoms with Gasteiger partial charge in [-0.25, -0.2) is 8.78 Å². The number of carbonyl (C=O) groups excluding carboxylic acids is 1. The van der Waals surface area contributed by atoms with Crippen molar-refractivity contribution in [2.45, 2.75) is 70.1 Å². The van der Waals surface area contributed by atoms with Crippen LogP contribution in [0.5, 0.6) is 5.75 Å². The van der Waals surface area contributed by atoms with Crippen LogP contribution in [0.3, 0.4) is 0 Å². The molecule has 0 bridgehead atoms. The lowest BCUT2D eigenvalue weighted by atomic mass is 9.53. The van der Waals surface area contributed by atoms with Crippen LogP contribution in [0.4, 0.5) is 8.78 Å². The molecule has 0 spiro atoms. The number of fused-ring (bicyclic) bond motifs is 5. The maximum absolute atomic E-state index is 15.4. The second-order valence-electron chi connectivity index (χ2n) is 10.7. The summed E-state index contributed by atoms with van der Waals surface area (Å²) in [6.45, 7) is 4.28. The number of hydrogen-bond acceptors (Lipinski definition) is 3. The van der Waals surface area contributed by atoms with E-state index in [-0.39, 0.29) is 35.8 Å². The number of aryl methyl sites for hydroxylation is 1. The van der Waals surface area contributed by atoms with Crippen molar-refractivity contribution in [1.29, 1.82) is 0 Å². The van der Waals surface area contributed by atoms with E-state index in [2.05, 4.69) is 0 Å². The van der Waals surface area contributed by atoms with Gasteiger partial charge in [0.15, 0.2) is 0 Å². The summed E-state index contributed by atoms with van der Waals surface area (Å²) in [5.74, 6) is -1.68. The molecule has 4 aliphatic rings. The van der Waals surface area contributed by atoms with E-state index in [1.165, 1.54) is 11.1 Å². The van der Waals surface area contributed by atoms with E-state index in [0.29, 0.717) is 57.9 Å². The highest BCUT2D eigenvalue weighted by atomic mass is 19.3. The molecule has 32 heavy (non-hydrogen) atoms. The normalized spacial score (nSPS) is 35.7. The molecule has 5 rings (SSSR count). The summed E-state index contributed by atoms with van der Waals surface area (Å²) in [5.41, 5.74) is 1.51. The first-order valence-electron chi connectivity index (χ1n) is 12.4. The molecule has 1 amide bonds. The highest BCUT2D eigenvalue weighted by molar-refractivity contribution is 5.76. The average molecular weight is 448 g/mol. The van der Waals surface area contributed by atoms with Crippen LogP contribution >= 0.6 is 0 Å². The van der Waals surface area contributed by atoms with Crippen LogP contribution in [0.25, 0.3) is 0 Å². The van der Waals surface area contributed by atoms with Crippen LogP contribution < -0.4 is 0 Å². The summed E-state index contributed by atoms with van der Waals surface area (Å²) in [6.07, 6.45) is 4.92. The third-order valence-corrected chi connectivity index (χ3v) is 9.15. The van der Waals surface area contributed by atoms with E-state index in [0.717, 1.165) is 19.3 Å². The summed E-state index contributed by atoms with van der Waals surface area (Å²) >= 11 is 0. The number of amides is 1. The van der Waals surface area contributed by atoms with Crippen molar-refractivity contribution in [1.82, 2.24) is 4.90 Å². The molecule has 1 aromatic carbocycles. The van der Waals surface area contributed by atoms with Crippen LogP contribution in [0.1, 0.15) is 68.9 Å². The van der Waals surface area contributed by atoms with Crippen LogP contribution in [-0.4, -0.2) is 48.1 Å². The van der Waals surface area contributed by atoms with Crippen molar-refractivity contribution in [3.8, 4) is 5.75 Å². The largest absolute Gasteiger partial charge is 0.508 e. The molecule has 0 aromatic heterocycles. The van der Waals surface area contributed by atoms with E-state index >= 15 is 8.78 Å². The van der Waals surface area contributed by atoms with Gasteiger partial charge in [0.1, 0.15) is 5.75 Å². The molecule has 0 radical (unpaired) electrons. The first kappa shape index (κ1) is 22.1. The molecule has 3 fully saturated rings. The number of morpholine rings is 1. The Balaban J connectivity index is 1.32. The molecular weight excluding hydrogens is 412 g/mol. The van der Waals surface area contributed by atoms with Gasteiger partial charge >= 0.3 is 0 Å². The Hall–Kier alpha value is -1.69. The maximum atomic E-state index is 15.4. The molecular formula is C26H35F2NO3. The Morgan fingerprint density at radius 3 is 2.81 bits per heavy atom. The fourth-order valence-corrected chi connectivity index (χ4v) is 7.57. The first-order chi connectivity index (χ1) is 15.3. The number of ether oxygens (including phenoxy) is 1. The molecule has 1 heterocycles. The third-order valence-electron chi connectivity index (χ3n) is 9.15. The van der Waals surface area contributed by atoms with E-state index < -0.39 is 11.3 Å². The first-order valence-corrected chi connectivity index (χ1v) is 12.4. The fourth-order valence-electron chi connectivity index (χ4n) is 7.57.